The molecule has 1 aliphatic rings. The van der Waals surface area contributed by atoms with Crippen LogP contribution in [0.25, 0.3) is 0 Å². The molecule has 0 saturated carbocycles. The summed E-state index contributed by atoms with van der Waals surface area (Å²) in [6, 6.07) is -0.956. The molecule has 0 radical (unpaired) electrons. The van der Waals surface area contributed by atoms with E-state index in [1.165, 1.54) is 13.0 Å². The lowest BCUT2D eigenvalue weighted by molar-refractivity contribution is -0.155. The average Bonchev–Trinajstić information content (AvgIpc) is 3.25. The van der Waals surface area contributed by atoms with E-state index < -0.39 is 36.2 Å². The number of hydrogen-bond acceptors (Lipinski definition) is 8. The topological polar surface area (TPSA) is 151 Å². The standard InChI is InChI=1S/C26H37N3O7/c1-15(2)24-17(4)8-9-22(32)27-10-6-7-16(3)11-19(30)12-20(31)13-23-29-21(14-35-23)25(33)28-18(5)26(34)36-24/h6-9,11,14-15,17-20,24,30-31H,10,12-13H2,1-5H3,(H,27,32)(H,28,33)/b7-6?,9-8+,16-11?. The summed E-state index contributed by atoms with van der Waals surface area (Å²) in [7, 11) is 0. The van der Waals surface area contributed by atoms with Crippen molar-refractivity contribution in [1.82, 2.24) is 15.6 Å². The van der Waals surface area contributed by atoms with Crippen LogP contribution in [0.2, 0.25) is 0 Å². The van der Waals surface area contributed by atoms with E-state index in [0.717, 1.165) is 11.8 Å². The maximum absolute atomic E-state index is 12.7. The van der Waals surface area contributed by atoms with Crippen LogP contribution in [0.3, 0.4) is 0 Å². The summed E-state index contributed by atoms with van der Waals surface area (Å²) in [6.07, 6.45) is 6.98. The zero-order chi connectivity index (χ0) is 26.8. The highest BCUT2D eigenvalue weighted by Gasteiger charge is 2.28. The summed E-state index contributed by atoms with van der Waals surface area (Å²) in [5, 5.41) is 25.8. The molecular formula is C26H37N3O7. The van der Waals surface area contributed by atoms with Crippen LogP contribution in [0.1, 0.15) is 57.4 Å². The average molecular weight is 504 g/mol. The Bertz CT molecular complexity index is 995. The van der Waals surface area contributed by atoms with Crippen LogP contribution in [0.15, 0.2) is 46.6 Å². The molecule has 0 fully saturated rings. The predicted molar refractivity (Wildman–Crippen MR) is 133 cm³/mol. The van der Waals surface area contributed by atoms with Crippen LogP contribution in [0.4, 0.5) is 0 Å². The summed E-state index contributed by atoms with van der Waals surface area (Å²) in [4.78, 5) is 41.5. The molecule has 5 unspecified atom stereocenters. The minimum Gasteiger partial charge on any atom is -0.460 e. The summed E-state index contributed by atoms with van der Waals surface area (Å²) in [6.45, 7) is 9.24. The van der Waals surface area contributed by atoms with Gasteiger partial charge in [-0.05, 0) is 25.8 Å². The number of aliphatic hydroxyl groups excluding tert-OH is 2. The molecule has 0 aromatic carbocycles. The van der Waals surface area contributed by atoms with Gasteiger partial charge in [-0.1, -0.05) is 50.6 Å². The van der Waals surface area contributed by atoms with Gasteiger partial charge in [-0.15, -0.1) is 0 Å². The maximum atomic E-state index is 12.7. The number of oxazole rings is 1. The Labute approximate surface area is 211 Å². The number of aromatic nitrogens is 1. The second-order valence-electron chi connectivity index (χ2n) is 9.40. The molecule has 0 aliphatic carbocycles. The molecule has 5 atom stereocenters. The summed E-state index contributed by atoms with van der Waals surface area (Å²) < 4.78 is 10.9. The number of ether oxygens (including phenoxy) is 1. The number of allylic oxidation sites excluding steroid dienone is 2. The van der Waals surface area contributed by atoms with Crippen LogP contribution in [-0.2, 0) is 20.7 Å². The lowest BCUT2D eigenvalue weighted by Gasteiger charge is -2.27. The van der Waals surface area contributed by atoms with Crippen molar-refractivity contribution < 1.29 is 33.8 Å². The van der Waals surface area contributed by atoms with Crippen molar-refractivity contribution in [1.29, 1.82) is 0 Å². The first-order chi connectivity index (χ1) is 17.0. The monoisotopic (exact) mass is 503 g/mol. The molecule has 1 aliphatic heterocycles. The first-order valence-corrected chi connectivity index (χ1v) is 12.1. The Balaban J connectivity index is 2.24. The highest BCUT2D eigenvalue weighted by Crippen LogP contribution is 2.19. The van der Waals surface area contributed by atoms with Crippen molar-refractivity contribution >= 4 is 17.8 Å². The zero-order valence-corrected chi connectivity index (χ0v) is 21.4. The number of carbonyl (C=O) groups is 3. The van der Waals surface area contributed by atoms with Gasteiger partial charge >= 0.3 is 5.97 Å². The SMILES string of the molecule is CC1=CC(O)CC(O)Cc2nc(co2)C(=O)NC(C)C(=O)OC(C(C)C)C(C)/C=C/C(=O)NCC=C1. The fraction of sp³-hybridized carbons (Fsp3) is 0.538. The smallest absolute Gasteiger partial charge is 0.328 e. The largest absolute Gasteiger partial charge is 0.460 e. The van der Waals surface area contributed by atoms with Crippen LogP contribution in [-0.4, -0.2) is 63.9 Å². The van der Waals surface area contributed by atoms with Crippen molar-refractivity contribution in [3.8, 4) is 0 Å². The summed E-state index contributed by atoms with van der Waals surface area (Å²) in [5.74, 6) is -1.70. The number of amides is 2. The van der Waals surface area contributed by atoms with E-state index in [9.17, 15) is 24.6 Å². The first-order valence-electron chi connectivity index (χ1n) is 12.1. The van der Waals surface area contributed by atoms with E-state index in [-0.39, 0.29) is 48.7 Å². The molecule has 198 valence electrons. The molecule has 2 bridgehead atoms. The molecule has 1 aromatic rings. The summed E-state index contributed by atoms with van der Waals surface area (Å²) >= 11 is 0. The number of aliphatic hydroxyl groups is 2. The number of fused-ring (bicyclic) bond motifs is 2. The van der Waals surface area contributed by atoms with Gasteiger partial charge in [0.05, 0.1) is 18.6 Å². The fourth-order valence-electron chi connectivity index (χ4n) is 3.73. The summed E-state index contributed by atoms with van der Waals surface area (Å²) in [5.41, 5.74) is 0.719. The predicted octanol–water partition coefficient (Wildman–Crippen LogP) is 1.84. The minimum atomic E-state index is -0.959. The van der Waals surface area contributed by atoms with Gasteiger partial charge in [0, 0.05) is 18.9 Å². The molecule has 0 spiro atoms. The Hall–Kier alpha value is -3.24. The van der Waals surface area contributed by atoms with Gasteiger partial charge in [-0.2, -0.15) is 0 Å². The third kappa shape index (κ3) is 9.43. The van der Waals surface area contributed by atoms with E-state index in [1.807, 2.05) is 20.8 Å². The van der Waals surface area contributed by atoms with E-state index in [2.05, 4.69) is 15.6 Å². The molecule has 4 N–H and O–H groups in total. The highest BCUT2D eigenvalue weighted by atomic mass is 16.5. The van der Waals surface area contributed by atoms with Crippen molar-refractivity contribution in [2.75, 3.05) is 6.54 Å². The van der Waals surface area contributed by atoms with E-state index in [4.69, 9.17) is 9.15 Å². The number of hydrogen-bond donors (Lipinski definition) is 4. The molecule has 1 aromatic heterocycles. The lowest BCUT2D eigenvalue weighted by atomic mass is 9.94. The van der Waals surface area contributed by atoms with E-state index in [0.29, 0.717) is 0 Å². The van der Waals surface area contributed by atoms with Crippen molar-refractivity contribution in [2.24, 2.45) is 11.8 Å². The molecule has 2 rings (SSSR count). The molecule has 2 amide bonds. The van der Waals surface area contributed by atoms with Crippen LogP contribution < -0.4 is 10.6 Å². The van der Waals surface area contributed by atoms with E-state index >= 15 is 0 Å². The minimum absolute atomic E-state index is 0.00233. The zero-order valence-electron chi connectivity index (χ0n) is 21.4. The van der Waals surface area contributed by atoms with Crippen LogP contribution in [0.5, 0.6) is 0 Å². The quantitative estimate of drug-likeness (QED) is 0.424. The number of rotatable bonds is 1. The Morgan fingerprint density at radius 3 is 2.56 bits per heavy atom. The number of nitrogens with zero attached hydrogens (tertiary/aromatic N) is 1. The van der Waals surface area contributed by atoms with Crippen molar-refractivity contribution in [3.05, 3.63) is 53.8 Å². The molecule has 10 nitrogen and oxygen atoms in total. The highest BCUT2D eigenvalue weighted by molar-refractivity contribution is 5.94. The second-order valence-corrected chi connectivity index (χ2v) is 9.40. The van der Waals surface area contributed by atoms with E-state index in [1.54, 1.807) is 31.2 Å². The first kappa shape index (κ1) is 29.0. The van der Waals surface area contributed by atoms with Gasteiger partial charge in [0.2, 0.25) is 5.91 Å². The number of carbonyl (C=O) groups excluding carboxylic acids is 3. The number of cyclic esters (lactones) is 1. The van der Waals surface area contributed by atoms with Gasteiger partial charge < -0.3 is 30.0 Å². The van der Waals surface area contributed by atoms with Crippen molar-refractivity contribution in [2.45, 2.75) is 71.8 Å². The Morgan fingerprint density at radius 2 is 1.86 bits per heavy atom. The third-order valence-corrected chi connectivity index (χ3v) is 5.62. The Kier molecular flexibility index (Phi) is 11.1. The molecular weight excluding hydrogens is 466 g/mol. The van der Waals surface area contributed by atoms with Crippen molar-refractivity contribution in [3.63, 3.8) is 0 Å². The molecule has 2 heterocycles. The molecule has 10 heteroatoms. The maximum Gasteiger partial charge on any atom is 0.328 e. The van der Waals surface area contributed by atoms with Gasteiger partial charge in [0.15, 0.2) is 11.6 Å². The second kappa shape index (κ2) is 13.7. The van der Waals surface area contributed by atoms with Crippen LogP contribution in [0, 0.1) is 11.8 Å². The molecule has 36 heavy (non-hydrogen) atoms. The van der Waals surface area contributed by atoms with Crippen LogP contribution >= 0.6 is 0 Å². The van der Waals surface area contributed by atoms with Gasteiger partial charge in [0.1, 0.15) is 18.4 Å². The van der Waals surface area contributed by atoms with Gasteiger partial charge in [-0.3, -0.25) is 9.59 Å². The molecule has 0 saturated heterocycles. The lowest BCUT2D eigenvalue weighted by Crippen LogP contribution is -2.42. The third-order valence-electron chi connectivity index (χ3n) is 5.62. The number of nitrogens with one attached hydrogen (secondary N) is 2. The fourth-order valence-corrected chi connectivity index (χ4v) is 3.73. The Morgan fingerprint density at radius 1 is 1.14 bits per heavy atom. The number of esters is 1. The van der Waals surface area contributed by atoms with Gasteiger partial charge in [-0.25, -0.2) is 9.78 Å². The normalized spacial score (nSPS) is 28.6. The van der Waals surface area contributed by atoms with Gasteiger partial charge in [0.25, 0.3) is 5.91 Å².